The lowest BCUT2D eigenvalue weighted by Gasteiger charge is -2.12. The zero-order valence-corrected chi connectivity index (χ0v) is 18.1. The van der Waals surface area contributed by atoms with E-state index < -0.39 is 0 Å². The molecule has 0 saturated carbocycles. The largest absolute Gasteiger partial charge is 0.494 e. The highest BCUT2D eigenvalue weighted by atomic mass is 32.2. The summed E-state index contributed by atoms with van der Waals surface area (Å²) in [6.07, 6.45) is 8.27. The maximum Gasteiger partial charge on any atom is 0.230 e. The molecule has 0 spiro atoms. The highest BCUT2D eigenvalue weighted by Crippen LogP contribution is 2.26. The molecule has 5 nitrogen and oxygen atoms in total. The quantitative estimate of drug-likeness (QED) is 0.535. The van der Waals surface area contributed by atoms with Gasteiger partial charge in [-0.1, -0.05) is 11.6 Å². The maximum absolute atomic E-state index is 12.1. The summed E-state index contributed by atoms with van der Waals surface area (Å²) in [5.74, 6) is 3.41. The van der Waals surface area contributed by atoms with E-state index in [0.717, 1.165) is 35.7 Å². The van der Waals surface area contributed by atoms with Gasteiger partial charge in [0, 0.05) is 17.9 Å². The van der Waals surface area contributed by atoms with E-state index in [1.54, 1.807) is 11.8 Å². The first-order valence-electron chi connectivity index (χ1n) is 10.4. The number of carbonyl (C=O) groups is 1. The van der Waals surface area contributed by atoms with Crippen molar-refractivity contribution in [3.8, 4) is 17.2 Å². The Kier molecular flexibility index (Phi) is 8.23. The average molecular weight is 415 g/mol. The Balaban J connectivity index is 1.42. The monoisotopic (exact) mass is 414 g/mol. The van der Waals surface area contributed by atoms with Crippen LogP contribution in [0.3, 0.4) is 0 Å². The van der Waals surface area contributed by atoms with Crippen LogP contribution in [0.4, 0.5) is 0 Å². The van der Waals surface area contributed by atoms with Crippen molar-refractivity contribution in [2.45, 2.75) is 51.7 Å². The van der Waals surface area contributed by atoms with Crippen molar-refractivity contribution in [1.82, 2.24) is 10.3 Å². The molecular formula is C23H30N2O3S. The van der Waals surface area contributed by atoms with E-state index in [4.69, 9.17) is 9.15 Å². The lowest BCUT2D eigenvalue weighted by molar-refractivity contribution is -0.118. The van der Waals surface area contributed by atoms with Crippen LogP contribution in [0, 0.1) is 6.92 Å². The highest BCUT2D eigenvalue weighted by Gasteiger charge is 2.13. The van der Waals surface area contributed by atoms with Gasteiger partial charge in [-0.25, -0.2) is 4.98 Å². The van der Waals surface area contributed by atoms with Crippen molar-refractivity contribution in [3.05, 3.63) is 47.4 Å². The van der Waals surface area contributed by atoms with Crippen LogP contribution in [0.1, 0.15) is 50.5 Å². The second kappa shape index (κ2) is 11.1. The minimum Gasteiger partial charge on any atom is -0.494 e. The highest BCUT2D eigenvalue weighted by molar-refractivity contribution is 7.99. The second-order valence-electron chi connectivity index (χ2n) is 7.18. The minimum atomic E-state index is 0.0827. The summed E-state index contributed by atoms with van der Waals surface area (Å²) >= 11 is 1.56. The number of carbonyl (C=O) groups excluding carboxylic acids is 1. The first-order chi connectivity index (χ1) is 14.2. The van der Waals surface area contributed by atoms with Gasteiger partial charge < -0.3 is 14.5 Å². The van der Waals surface area contributed by atoms with Gasteiger partial charge >= 0.3 is 0 Å². The van der Waals surface area contributed by atoms with Gasteiger partial charge in [0.25, 0.3) is 0 Å². The predicted octanol–water partition coefficient (Wildman–Crippen LogP) is 5.29. The zero-order valence-electron chi connectivity index (χ0n) is 17.3. The Morgan fingerprint density at radius 1 is 1.28 bits per heavy atom. The predicted molar refractivity (Wildman–Crippen MR) is 118 cm³/mol. The Labute approximate surface area is 177 Å². The fourth-order valence-electron chi connectivity index (χ4n) is 3.33. The normalized spacial score (nSPS) is 13.8. The van der Waals surface area contributed by atoms with E-state index in [2.05, 4.69) is 16.4 Å². The molecule has 1 aromatic carbocycles. The zero-order chi connectivity index (χ0) is 20.5. The number of aryl methyl sites for hydroxylation is 1. The van der Waals surface area contributed by atoms with E-state index in [-0.39, 0.29) is 5.91 Å². The third-order valence-corrected chi connectivity index (χ3v) is 5.87. The van der Waals surface area contributed by atoms with E-state index >= 15 is 0 Å². The summed E-state index contributed by atoms with van der Waals surface area (Å²) in [4.78, 5) is 16.7. The molecule has 0 radical (unpaired) electrons. The molecule has 29 heavy (non-hydrogen) atoms. The summed E-state index contributed by atoms with van der Waals surface area (Å²) in [6, 6.07) is 7.73. The maximum atomic E-state index is 12.1. The smallest absolute Gasteiger partial charge is 0.230 e. The Morgan fingerprint density at radius 2 is 2.10 bits per heavy atom. The molecule has 0 fully saturated rings. The van der Waals surface area contributed by atoms with Crippen LogP contribution >= 0.6 is 11.8 Å². The van der Waals surface area contributed by atoms with Gasteiger partial charge in [-0.3, -0.25) is 4.79 Å². The van der Waals surface area contributed by atoms with Crippen molar-refractivity contribution < 1.29 is 13.9 Å². The summed E-state index contributed by atoms with van der Waals surface area (Å²) in [6.45, 7) is 5.25. The minimum absolute atomic E-state index is 0.0827. The molecule has 1 amide bonds. The standard InChI is InChI=1S/C23H30N2O3S/c1-3-27-20-11-9-19(10-12-20)23-25-21(17(2)28-23)15-29-16-22(26)24-14-13-18-7-5-4-6-8-18/h7,9-12H,3-6,8,13-16H2,1-2H3,(H,24,26). The molecule has 1 aliphatic rings. The Bertz CT molecular complexity index is 827. The number of allylic oxidation sites excluding steroid dienone is 1. The molecule has 0 saturated heterocycles. The molecule has 1 heterocycles. The van der Waals surface area contributed by atoms with Gasteiger partial charge in [-0.05, 0) is 70.2 Å². The molecule has 0 unspecified atom stereocenters. The van der Waals surface area contributed by atoms with E-state index in [1.807, 2.05) is 38.1 Å². The number of benzene rings is 1. The number of hydrogen-bond acceptors (Lipinski definition) is 5. The molecular weight excluding hydrogens is 384 g/mol. The van der Waals surface area contributed by atoms with E-state index in [9.17, 15) is 4.79 Å². The molecule has 0 atom stereocenters. The Hall–Kier alpha value is -2.21. The van der Waals surface area contributed by atoms with Gasteiger partial charge in [0.15, 0.2) is 0 Å². The van der Waals surface area contributed by atoms with Gasteiger partial charge in [0.2, 0.25) is 11.8 Å². The lowest BCUT2D eigenvalue weighted by Crippen LogP contribution is -2.26. The van der Waals surface area contributed by atoms with Crippen molar-refractivity contribution >= 4 is 17.7 Å². The van der Waals surface area contributed by atoms with Gasteiger partial charge in [-0.15, -0.1) is 11.8 Å². The molecule has 1 N–H and O–H groups in total. The van der Waals surface area contributed by atoms with Crippen LogP contribution in [-0.4, -0.2) is 29.8 Å². The van der Waals surface area contributed by atoms with Crippen LogP contribution in [0.15, 0.2) is 40.3 Å². The van der Waals surface area contributed by atoms with Gasteiger partial charge in [0.05, 0.1) is 18.1 Å². The molecule has 2 aromatic rings. The molecule has 6 heteroatoms. The number of oxazole rings is 1. The molecule has 0 aliphatic heterocycles. The second-order valence-corrected chi connectivity index (χ2v) is 8.17. The van der Waals surface area contributed by atoms with Crippen LogP contribution in [0.25, 0.3) is 11.5 Å². The van der Waals surface area contributed by atoms with Gasteiger partial charge in [-0.2, -0.15) is 0 Å². The number of nitrogens with one attached hydrogen (secondary N) is 1. The summed E-state index contributed by atoms with van der Waals surface area (Å²) in [5.41, 5.74) is 3.30. The van der Waals surface area contributed by atoms with Crippen LogP contribution in [-0.2, 0) is 10.5 Å². The Morgan fingerprint density at radius 3 is 2.83 bits per heavy atom. The third kappa shape index (κ3) is 6.67. The average Bonchev–Trinajstić information content (AvgIpc) is 3.10. The van der Waals surface area contributed by atoms with Crippen LogP contribution < -0.4 is 10.1 Å². The molecule has 1 aliphatic carbocycles. The SMILES string of the molecule is CCOc1ccc(-c2nc(CSCC(=O)NCCC3=CCCCC3)c(C)o2)cc1. The van der Waals surface area contributed by atoms with Crippen molar-refractivity contribution in [3.63, 3.8) is 0 Å². The van der Waals surface area contributed by atoms with Crippen molar-refractivity contribution in [1.29, 1.82) is 0 Å². The molecule has 156 valence electrons. The summed E-state index contributed by atoms with van der Waals surface area (Å²) < 4.78 is 11.3. The van der Waals surface area contributed by atoms with Crippen molar-refractivity contribution in [2.75, 3.05) is 18.9 Å². The molecule has 1 aromatic heterocycles. The number of aromatic nitrogens is 1. The third-order valence-electron chi connectivity index (χ3n) is 4.93. The first-order valence-corrected chi connectivity index (χ1v) is 11.5. The fourth-order valence-corrected chi connectivity index (χ4v) is 4.18. The number of nitrogens with zero attached hydrogens (tertiary/aromatic N) is 1. The van der Waals surface area contributed by atoms with E-state index in [1.165, 1.54) is 31.3 Å². The first kappa shape index (κ1) is 21.5. The number of hydrogen-bond donors (Lipinski definition) is 1. The molecule has 0 bridgehead atoms. The fraction of sp³-hybridized carbons (Fsp3) is 0.478. The number of amides is 1. The summed E-state index contributed by atoms with van der Waals surface area (Å²) in [7, 11) is 0. The topological polar surface area (TPSA) is 64.4 Å². The number of thioether (sulfide) groups is 1. The van der Waals surface area contributed by atoms with Gasteiger partial charge in [0.1, 0.15) is 11.5 Å². The van der Waals surface area contributed by atoms with Crippen LogP contribution in [0.2, 0.25) is 0 Å². The number of ether oxygens (including phenoxy) is 1. The summed E-state index contributed by atoms with van der Waals surface area (Å²) in [5, 5.41) is 3.02. The lowest BCUT2D eigenvalue weighted by atomic mass is 9.97. The van der Waals surface area contributed by atoms with Crippen LogP contribution in [0.5, 0.6) is 5.75 Å². The molecule has 3 rings (SSSR count). The van der Waals surface area contributed by atoms with Crippen molar-refractivity contribution in [2.24, 2.45) is 0 Å². The number of rotatable bonds is 10. The van der Waals surface area contributed by atoms with E-state index in [0.29, 0.717) is 24.0 Å².